The Labute approximate surface area is 132 Å². The Morgan fingerprint density at radius 2 is 1.55 bits per heavy atom. The first kappa shape index (κ1) is 16.5. The van der Waals surface area contributed by atoms with Crippen LogP contribution in [0, 0.1) is 6.92 Å². The fraction of sp³-hybridized carbons (Fsp3) is 0.294. The van der Waals surface area contributed by atoms with Crippen molar-refractivity contribution in [2.75, 3.05) is 25.5 Å². The van der Waals surface area contributed by atoms with Gasteiger partial charge in [-0.3, -0.25) is 0 Å². The van der Waals surface area contributed by atoms with E-state index < -0.39 is 10.0 Å². The molecule has 0 aromatic heterocycles. The molecular weight excluding hydrogens is 296 g/mol. The first-order chi connectivity index (χ1) is 10.4. The van der Waals surface area contributed by atoms with Crippen molar-refractivity contribution >= 4 is 15.7 Å². The van der Waals surface area contributed by atoms with Crippen molar-refractivity contribution in [2.45, 2.75) is 18.2 Å². The Kier molecular flexibility index (Phi) is 5.21. The molecule has 0 aliphatic heterocycles. The first-order valence-electron chi connectivity index (χ1n) is 7.21. The van der Waals surface area contributed by atoms with E-state index in [1.165, 1.54) is 0 Å². The smallest absolute Gasteiger partial charge is 0.240 e. The number of nitrogens with zero attached hydrogens (tertiary/aromatic N) is 1. The first-order valence-corrected chi connectivity index (χ1v) is 8.69. The van der Waals surface area contributed by atoms with E-state index in [0.29, 0.717) is 17.9 Å². The van der Waals surface area contributed by atoms with Gasteiger partial charge < -0.3 is 4.90 Å². The summed E-state index contributed by atoms with van der Waals surface area (Å²) in [6.45, 7) is 2.32. The fourth-order valence-corrected chi connectivity index (χ4v) is 3.12. The van der Waals surface area contributed by atoms with Gasteiger partial charge in [0.1, 0.15) is 0 Å². The maximum absolute atomic E-state index is 12.2. The quantitative estimate of drug-likeness (QED) is 0.890. The van der Waals surface area contributed by atoms with Gasteiger partial charge in [-0.15, -0.1) is 0 Å². The lowest BCUT2D eigenvalue weighted by Crippen LogP contribution is -2.26. The van der Waals surface area contributed by atoms with Gasteiger partial charge in [-0.1, -0.05) is 29.8 Å². The lowest BCUT2D eigenvalue weighted by atomic mass is 10.1. The van der Waals surface area contributed by atoms with Gasteiger partial charge in [0, 0.05) is 26.3 Å². The predicted octanol–water partition coefficient (Wildman–Crippen LogP) is 2.58. The molecule has 2 aromatic carbocycles. The Balaban J connectivity index is 1.93. The topological polar surface area (TPSA) is 49.4 Å². The Hall–Kier alpha value is -1.85. The highest BCUT2D eigenvalue weighted by atomic mass is 32.2. The molecule has 0 aliphatic carbocycles. The van der Waals surface area contributed by atoms with Crippen LogP contribution in [0.4, 0.5) is 5.69 Å². The summed E-state index contributed by atoms with van der Waals surface area (Å²) >= 11 is 0. The van der Waals surface area contributed by atoms with Crippen molar-refractivity contribution in [1.29, 1.82) is 0 Å². The Bertz CT molecular complexity index is 705. The van der Waals surface area contributed by atoms with Crippen molar-refractivity contribution in [2.24, 2.45) is 0 Å². The summed E-state index contributed by atoms with van der Waals surface area (Å²) < 4.78 is 27.0. The fourth-order valence-electron chi connectivity index (χ4n) is 2.09. The highest BCUT2D eigenvalue weighted by molar-refractivity contribution is 7.89. The molecule has 0 heterocycles. The van der Waals surface area contributed by atoms with Crippen molar-refractivity contribution in [3.8, 4) is 0 Å². The van der Waals surface area contributed by atoms with E-state index in [9.17, 15) is 8.42 Å². The van der Waals surface area contributed by atoms with Crippen LogP contribution in [0.2, 0.25) is 0 Å². The zero-order valence-corrected chi connectivity index (χ0v) is 14.0. The van der Waals surface area contributed by atoms with Crippen LogP contribution >= 0.6 is 0 Å². The summed E-state index contributed by atoms with van der Waals surface area (Å²) in [5.41, 5.74) is 3.28. The highest BCUT2D eigenvalue weighted by Crippen LogP contribution is 2.13. The van der Waals surface area contributed by atoms with Gasteiger partial charge in [0.15, 0.2) is 0 Å². The van der Waals surface area contributed by atoms with E-state index in [1.54, 1.807) is 24.3 Å². The van der Waals surface area contributed by atoms with Crippen molar-refractivity contribution in [1.82, 2.24) is 4.72 Å². The zero-order chi connectivity index (χ0) is 16.2. The summed E-state index contributed by atoms with van der Waals surface area (Å²) in [6, 6.07) is 15.0. The number of nitrogens with one attached hydrogen (secondary N) is 1. The molecule has 0 bridgehead atoms. The summed E-state index contributed by atoms with van der Waals surface area (Å²) in [5.74, 6) is 0. The maximum Gasteiger partial charge on any atom is 0.240 e. The molecule has 1 N–H and O–H groups in total. The molecule has 2 aromatic rings. The number of aryl methyl sites for hydroxylation is 1. The monoisotopic (exact) mass is 318 g/mol. The third kappa shape index (κ3) is 4.32. The van der Waals surface area contributed by atoms with E-state index in [1.807, 2.05) is 50.2 Å². The molecule has 0 atom stereocenters. The molecule has 2 rings (SSSR count). The summed E-state index contributed by atoms with van der Waals surface area (Å²) in [4.78, 5) is 2.34. The largest absolute Gasteiger partial charge is 0.378 e. The molecule has 0 saturated carbocycles. The molecule has 0 unspecified atom stereocenters. The third-order valence-electron chi connectivity index (χ3n) is 3.49. The molecule has 0 spiro atoms. The molecule has 0 radical (unpaired) electrons. The maximum atomic E-state index is 12.2. The van der Waals surface area contributed by atoms with E-state index in [2.05, 4.69) is 4.72 Å². The van der Waals surface area contributed by atoms with Crippen LogP contribution in [0.15, 0.2) is 53.4 Å². The number of hydrogen-bond acceptors (Lipinski definition) is 3. The van der Waals surface area contributed by atoms with Crippen LogP contribution in [0.1, 0.15) is 11.1 Å². The number of rotatable bonds is 6. The van der Waals surface area contributed by atoms with Crippen molar-refractivity contribution < 1.29 is 8.42 Å². The van der Waals surface area contributed by atoms with Gasteiger partial charge in [0.25, 0.3) is 0 Å². The van der Waals surface area contributed by atoms with Crippen LogP contribution in [-0.4, -0.2) is 29.1 Å². The molecule has 0 aliphatic rings. The van der Waals surface area contributed by atoms with E-state index in [4.69, 9.17) is 0 Å². The lowest BCUT2D eigenvalue weighted by Gasteiger charge is -2.12. The van der Waals surface area contributed by atoms with Crippen LogP contribution in [0.25, 0.3) is 0 Å². The summed E-state index contributed by atoms with van der Waals surface area (Å²) in [5, 5.41) is 0. The molecule has 4 nitrogen and oxygen atoms in total. The normalized spacial score (nSPS) is 11.4. The highest BCUT2D eigenvalue weighted by Gasteiger charge is 2.12. The van der Waals surface area contributed by atoms with E-state index in [-0.39, 0.29) is 0 Å². The minimum absolute atomic E-state index is 0.307. The van der Waals surface area contributed by atoms with Crippen LogP contribution in [0.3, 0.4) is 0 Å². The number of hydrogen-bond donors (Lipinski definition) is 1. The third-order valence-corrected chi connectivity index (χ3v) is 4.97. The van der Waals surface area contributed by atoms with Gasteiger partial charge in [-0.05, 0) is 43.2 Å². The standard InChI is InChI=1S/C17H22N2O2S/c1-14-4-10-17(11-5-14)22(20,21)18-13-12-15-6-8-16(9-7-15)19(2)3/h4-11,18H,12-13H2,1-3H3. The second-order valence-corrected chi connectivity index (χ2v) is 7.29. The summed E-state index contributed by atoms with van der Waals surface area (Å²) in [6.07, 6.45) is 0.665. The van der Waals surface area contributed by atoms with E-state index in [0.717, 1.165) is 16.8 Å². The minimum atomic E-state index is -3.43. The van der Waals surface area contributed by atoms with Gasteiger partial charge >= 0.3 is 0 Å². The Morgan fingerprint density at radius 1 is 0.955 bits per heavy atom. The molecule has 22 heavy (non-hydrogen) atoms. The number of sulfonamides is 1. The second-order valence-electron chi connectivity index (χ2n) is 5.52. The van der Waals surface area contributed by atoms with Crippen molar-refractivity contribution in [3.63, 3.8) is 0 Å². The molecule has 0 saturated heterocycles. The van der Waals surface area contributed by atoms with Gasteiger partial charge in [0.2, 0.25) is 10.0 Å². The van der Waals surface area contributed by atoms with Crippen LogP contribution in [-0.2, 0) is 16.4 Å². The molecule has 118 valence electrons. The Morgan fingerprint density at radius 3 is 2.09 bits per heavy atom. The van der Waals surface area contributed by atoms with Crippen LogP contribution < -0.4 is 9.62 Å². The van der Waals surface area contributed by atoms with Crippen LogP contribution in [0.5, 0.6) is 0 Å². The van der Waals surface area contributed by atoms with E-state index >= 15 is 0 Å². The number of anilines is 1. The second kappa shape index (κ2) is 6.94. The molecular formula is C17H22N2O2S. The predicted molar refractivity (Wildman–Crippen MR) is 90.8 cm³/mol. The minimum Gasteiger partial charge on any atom is -0.378 e. The SMILES string of the molecule is Cc1ccc(S(=O)(=O)NCCc2ccc(N(C)C)cc2)cc1. The zero-order valence-electron chi connectivity index (χ0n) is 13.2. The lowest BCUT2D eigenvalue weighted by molar-refractivity contribution is 0.581. The van der Waals surface area contributed by atoms with Gasteiger partial charge in [-0.25, -0.2) is 13.1 Å². The average molecular weight is 318 g/mol. The molecule has 0 amide bonds. The van der Waals surface area contributed by atoms with Gasteiger partial charge in [0.05, 0.1) is 4.90 Å². The molecule has 5 heteroatoms. The summed E-state index contributed by atoms with van der Waals surface area (Å²) in [7, 11) is 0.555. The average Bonchev–Trinajstić information content (AvgIpc) is 2.48. The number of benzene rings is 2. The van der Waals surface area contributed by atoms with Gasteiger partial charge in [-0.2, -0.15) is 0 Å². The van der Waals surface area contributed by atoms with Crippen molar-refractivity contribution in [3.05, 3.63) is 59.7 Å². The molecule has 0 fully saturated rings.